The van der Waals surface area contributed by atoms with E-state index >= 15 is 0 Å². The summed E-state index contributed by atoms with van der Waals surface area (Å²) < 4.78 is 26.3. The first kappa shape index (κ1) is 17.8. The highest BCUT2D eigenvalue weighted by Gasteiger charge is 2.16. The molecule has 0 atom stereocenters. The van der Waals surface area contributed by atoms with Crippen LogP contribution in [0.25, 0.3) is 27.7 Å². The van der Waals surface area contributed by atoms with Gasteiger partial charge in [-0.2, -0.15) is 10.1 Å². The fourth-order valence-corrected chi connectivity index (χ4v) is 2.98. The van der Waals surface area contributed by atoms with Crippen molar-refractivity contribution in [1.29, 1.82) is 0 Å². The summed E-state index contributed by atoms with van der Waals surface area (Å²) in [5, 5.41) is 10.2. The van der Waals surface area contributed by atoms with Crippen molar-refractivity contribution in [2.24, 2.45) is 0 Å². The number of amides is 1. The van der Waals surface area contributed by atoms with Crippen LogP contribution in [-0.4, -0.2) is 50.0 Å². The molecular formula is C18H17F2N7O. The molecule has 4 heterocycles. The molecule has 0 aromatic carbocycles. The van der Waals surface area contributed by atoms with Crippen LogP contribution in [0.1, 0.15) is 17.3 Å². The van der Waals surface area contributed by atoms with Gasteiger partial charge in [-0.1, -0.05) is 0 Å². The third-order valence-corrected chi connectivity index (χ3v) is 4.26. The zero-order chi connectivity index (χ0) is 19.7. The molecule has 4 rings (SSSR count). The van der Waals surface area contributed by atoms with Crippen LogP contribution in [0.2, 0.25) is 0 Å². The van der Waals surface area contributed by atoms with Gasteiger partial charge in [0, 0.05) is 36.1 Å². The number of aromatic nitrogens is 5. The maximum Gasteiger partial charge on any atom is 0.255 e. The number of nitrogens with one attached hydrogen (secondary N) is 3. The summed E-state index contributed by atoms with van der Waals surface area (Å²) >= 11 is 0. The van der Waals surface area contributed by atoms with Crippen molar-refractivity contribution in [3.05, 3.63) is 42.5 Å². The molecule has 0 unspecified atom stereocenters. The summed E-state index contributed by atoms with van der Waals surface area (Å²) in [6.45, 7) is 1.97. The monoisotopic (exact) mass is 385 g/mol. The van der Waals surface area contributed by atoms with E-state index in [-0.39, 0.29) is 5.56 Å². The summed E-state index contributed by atoms with van der Waals surface area (Å²) in [7, 11) is 0. The normalized spacial score (nSPS) is 11.4. The minimum absolute atomic E-state index is 0.230. The summed E-state index contributed by atoms with van der Waals surface area (Å²) in [6.07, 6.45) is 4.00. The maximum absolute atomic E-state index is 12.4. The third-order valence-electron chi connectivity index (χ3n) is 4.26. The van der Waals surface area contributed by atoms with E-state index in [1.807, 2.05) is 19.2 Å². The molecule has 0 aliphatic rings. The van der Waals surface area contributed by atoms with Gasteiger partial charge in [0.15, 0.2) is 0 Å². The van der Waals surface area contributed by atoms with E-state index < -0.39 is 18.9 Å². The van der Waals surface area contributed by atoms with E-state index in [0.29, 0.717) is 23.7 Å². The highest BCUT2D eigenvalue weighted by molar-refractivity contribution is 6.02. The molecule has 0 fully saturated rings. The predicted octanol–water partition coefficient (Wildman–Crippen LogP) is 2.70. The van der Waals surface area contributed by atoms with Crippen molar-refractivity contribution in [2.75, 3.05) is 18.4 Å². The summed E-state index contributed by atoms with van der Waals surface area (Å²) in [5.41, 5.74) is 3.11. The summed E-state index contributed by atoms with van der Waals surface area (Å²) in [5.74, 6) is -0.0578. The number of alkyl halides is 2. The summed E-state index contributed by atoms with van der Waals surface area (Å²) in [4.78, 5) is 24.0. The molecule has 10 heteroatoms. The highest BCUT2D eigenvalue weighted by atomic mass is 19.3. The number of nitrogens with zero attached hydrogens (tertiary/aromatic N) is 4. The fourth-order valence-electron chi connectivity index (χ4n) is 2.98. The molecule has 144 valence electrons. The van der Waals surface area contributed by atoms with Gasteiger partial charge in [0.1, 0.15) is 5.65 Å². The molecule has 1 amide bonds. The van der Waals surface area contributed by atoms with Crippen LogP contribution in [0.4, 0.5) is 14.7 Å². The van der Waals surface area contributed by atoms with E-state index in [9.17, 15) is 13.6 Å². The number of halogens is 2. The topological polar surface area (TPSA) is 100 Å². The Labute approximate surface area is 158 Å². The standard InChI is InChI=1S/C18H17F2N7O/c1-2-21-18-24-7-12-11(6-22-16(12)26-18)10-3-4-27-14(5-10)13(8-25-27)17(28)23-9-15(19)20/h3-8,15H,2,9H2,1H3,(H,23,28)(H2,21,22,24,26). The van der Waals surface area contributed by atoms with Crippen LogP contribution in [-0.2, 0) is 0 Å². The SMILES string of the molecule is CCNc1ncc2c(-c3ccn4ncc(C(=O)NCC(F)F)c4c3)c[nH]c2n1. The molecule has 8 nitrogen and oxygen atoms in total. The lowest BCUT2D eigenvalue weighted by atomic mass is 10.1. The average molecular weight is 385 g/mol. The Kier molecular flexibility index (Phi) is 4.60. The van der Waals surface area contributed by atoms with Crippen LogP contribution in [0, 0.1) is 0 Å². The van der Waals surface area contributed by atoms with Crippen molar-refractivity contribution in [3.63, 3.8) is 0 Å². The quantitative estimate of drug-likeness (QED) is 0.474. The Morgan fingerprint density at radius 2 is 2.21 bits per heavy atom. The smallest absolute Gasteiger partial charge is 0.255 e. The Bertz CT molecular complexity index is 1150. The fraction of sp³-hybridized carbons (Fsp3) is 0.222. The third kappa shape index (κ3) is 3.24. The van der Waals surface area contributed by atoms with Gasteiger partial charge in [0.25, 0.3) is 12.3 Å². The molecule has 0 aliphatic heterocycles. The van der Waals surface area contributed by atoms with Crippen LogP contribution >= 0.6 is 0 Å². The van der Waals surface area contributed by atoms with Gasteiger partial charge in [-0.3, -0.25) is 4.79 Å². The van der Waals surface area contributed by atoms with Gasteiger partial charge < -0.3 is 15.6 Å². The van der Waals surface area contributed by atoms with Gasteiger partial charge >= 0.3 is 0 Å². The molecule has 4 aromatic rings. The van der Waals surface area contributed by atoms with Crippen LogP contribution < -0.4 is 10.6 Å². The maximum atomic E-state index is 12.4. The second kappa shape index (κ2) is 7.22. The molecule has 0 bridgehead atoms. The Morgan fingerprint density at radius 3 is 3.00 bits per heavy atom. The minimum Gasteiger partial charge on any atom is -0.354 e. The first-order valence-electron chi connectivity index (χ1n) is 8.69. The van der Waals surface area contributed by atoms with Crippen LogP contribution in [0.15, 0.2) is 36.9 Å². The molecular weight excluding hydrogens is 368 g/mol. The molecule has 3 N–H and O–H groups in total. The van der Waals surface area contributed by atoms with Crippen molar-refractivity contribution < 1.29 is 13.6 Å². The molecule has 0 saturated carbocycles. The predicted molar refractivity (Wildman–Crippen MR) is 101 cm³/mol. The van der Waals surface area contributed by atoms with E-state index in [1.165, 1.54) is 10.7 Å². The second-order valence-electron chi connectivity index (χ2n) is 6.09. The Hall–Kier alpha value is -3.56. The van der Waals surface area contributed by atoms with Gasteiger partial charge in [0.2, 0.25) is 5.95 Å². The largest absolute Gasteiger partial charge is 0.354 e. The zero-order valence-corrected chi connectivity index (χ0v) is 14.9. The molecule has 0 saturated heterocycles. The lowest BCUT2D eigenvalue weighted by molar-refractivity contribution is 0.0893. The van der Waals surface area contributed by atoms with Gasteiger partial charge in [0.05, 0.1) is 23.8 Å². The van der Waals surface area contributed by atoms with Gasteiger partial charge in [-0.25, -0.2) is 18.3 Å². The minimum atomic E-state index is -2.61. The first-order chi connectivity index (χ1) is 13.6. The molecule has 0 aliphatic carbocycles. The molecule has 4 aromatic heterocycles. The van der Waals surface area contributed by atoms with E-state index in [2.05, 4.69) is 30.7 Å². The number of anilines is 1. The average Bonchev–Trinajstić information content (AvgIpc) is 3.29. The Morgan fingerprint density at radius 1 is 1.36 bits per heavy atom. The first-order valence-corrected chi connectivity index (χ1v) is 8.69. The highest BCUT2D eigenvalue weighted by Crippen LogP contribution is 2.29. The van der Waals surface area contributed by atoms with Crippen molar-refractivity contribution >= 4 is 28.4 Å². The second-order valence-corrected chi connectivity index (χ2v) is 6.09. The van der Waals surface area contributed by atoms with Crippen LogP contribution in [0.3, 0.4) is 0 Å². The van der Waals surface area contributed by atoms with Gasteiger partial charge in [-0.05, 0) is 24.6 Å². The number of H-pyrrole nitrogens is 1. The van der Waals surface area contributed by atoms with E-state index in [4.69, 9.17) is 0 Å². The number of rotatable bonds is 6. The molecule has 0 spiro atoms. The number of aromatic amines is 1. The van der Waals surface area contributed by atoms with Gasteiger partial charge in [-0.15, -0.1) is 0 Å². The van der Waals surface area contributed by atoms with E-state index in [1.54, 1.807) is 18.5 Å². The zero-order valence-electron chi connectivity index (χ0n) is 14.9. The number of carbonyl (C=O) groups is 1. The Balaban J connectivity index is 1.72. The lowest BCUT2D eigenvalue weighted by Gasteiger charge is -2.05. The number of hydrogen-bond acceptors (Lipinski definition) is 5. The lowest BCUT2D eigenvalue weighted by Crippen LogP contribution is -2.28. The van der Waals surface area contributed by atoms with Crippen molar-refractivity contribution in [2.45, 2.75) is 13.3 Å². The molecule has 0 radical (unpaired) electrons. The number of hydrogen-bond donors (Lipinski definition) is 3. The van der Waals surface area contributed by atoms with E-state index in [0.717, 1.165) is 16.5 Å². The summed E-state index contributed by atoms with van der Waals surface area (Å²) in [6, 6.07) is 3.63. The number of pyridine rings is 1. The molecule has 28 heavy (non-hydrogen) atoms. The van der Waals surface area contributed by atoms with Crippen molar-refractivity contribution in [3.8, 4) is 11.1 Å². The number of fused-ring (bicyclic) bond motifs is 2. The van der Waals surface area contributed by atoms with Crippen molar-refractivity contribution in [1.82, 2.24) is 29.9 Å². The van der Waals surface area contributed by atoms with Crippen LogP contribution in [0.5, 0.6) is 0 Å². The number of carbonyl (C=O) groups excluding carboxylic acids is 1.